The first-order chi connectivity index (χ1) is 9.67. The molecule has 0 saturated heterocycles. The van der Waals surface area contributed by atoms with Crippen molar-refractivity contribution in [3.8, 4) is 5.75 Å². The lowest BCUT2D eigenvalue weighted by Crippen LogP contribution is -2.27. The highest BCUT2D eigenvalue weighted by atomic mass is 32.2. The predicted molar refractivity (Wildman–Crippen MR) is 87.7 cm³/mol. The highest BCUT2D eigenvalue weighted by Gasteiger charge is 2.21. The van der Waals surface area contributed by atoms with Crippen molar-refractivity contribution in [2.45, 2.75) is 58.4 Å². The van der Waals surface area contributed by atoms with Crippen LogP contribution in [-0.4, -0.2) is 34.4 Å². The van der Waals surface area contributed by atoms with Crippen LogP contribution in [0.4, 0.5) is 0 Å². The third-order valence-electron chi connectivity index (χ3n) is 3.40. The number of aromatic nitrogens is 2. The molecule has 0 bridgehead atoms. The van der Waals surface area contributed by atoms with E-state index in [0.717, 1.165) is 31.0 Å². The summed E-state index contributed by atoms with van der Waals surface area (Å²) in [5, 5.41) is 8.73. The molecule has 2 atom stereocenters. The molecule has 0 aliphatic rings. The molecule has 0 aliphatic heterocycles. The number of hydrogen-bond acceptors (Lipinski definition) is 4. The predicted octanol–water partition coefficient (Wildman–Crippen LogP) is 3.48. The van der Waals surface area contributed by atoms with Crippen molar-refractivity contribution in [3.63, 3.8) is 0 Å². The van der Waals surface area contributed by atoms with Gasteiger partial charge in [-0.3, -0.25) is 4.68 Å². The van der Waals surface area contributed by atoms with Crippen LogP contribution in [-0.2, 0) is 6.54 Å². The van der Waals surface area contributed by atoms with E-state index in [4.69, 9.17) is 4.74 Å². The van der Waals surface area contributed by atoms with Crippen molar-refractivity contribution in [2.24, 2.45) is 0 Å². The number of methoxy groups -OCH3 is 1. The number of hydrogen-bond donors (Lipinski definition) is 1. The molecule has 1 N–H and O–H groups in total. The maximum atomic E-state index is 5.50. The number of thioether (sulfide) groups is 1. The van der Waals surface area contributed by atoms with Gasteiger partial charge in [-0.15, -0.1) is 0 Å². The van der Waals surface area contributed by atoms with E-state index in [1.165, 1.54) is 12.1 Å². The van der Waals surface area contributed by atoms with Crippen LogP contribution in [0, 0.1) is 0 Å². The largest absolute Gasteiger partial charge is 0.493 e. The van der Waals surface area contributed by atoms with Crippen LogP contribution in [0.15, 0.2) is 6.20 Å². The molecule has 0 aliphatic carbocycles. The minimum absolute atomic E-state index is 0.294. The minimum atomic E-state index is 0.294. The van der Waals surface area contributed by atoms with Crippen molar-refractivity contribution in [1.29, 1.82) is 0 Å². The Morgan fingerprint density at radius 1 is 1.40 bits per heavy atom. The summed E-state index contributed by atoms with van der Waals surface area (Å²) in [4.78, 5) is 0. The third-order valence-corrected chi connectivity index (χ3v) is 4.83. The normalized spacial score (nSPS) is 14.2. The molecule has 1 rings (SSSR count). The lowest BCUT2D eigenvalue weighted by Gasteiger charge is -2.21. The van der Waals surface area contributed by atoms with Gasteiger partial charge in [0.2, 0.25) is 0 Å². The molecule has 0 radical (unpaired) electrons. The lowest BCUT2D eigenvalue weighted by atomic mass is 10.2. The fourth-order valence-electron chi connectivity index (χ4n) is 2.14. The van der Waals surface area contributed by atoms with Gasteiger partial charge in [-0.2, -0.15) is 16.9 Å². The minimum Gasteiger partial charge on any atom is -0.493 e. The number of nitrogens with zero attached hydrogens (tertiary/aromatic N) is 2. The highest BCUT2D eigenvalue weighted by Crippen LogP contribution is 2.29. The van der Waals surface area contributed by atoms with Gasteiger partial charge in [-0.25, -0.2) is 0 Å². The van der Waals surface area contributed by atoms with Crippen LogP contribution in [0.2, 0.25) is 0 Å². The SMILES string of the molecule is CCCn1ncc(OC)c1C(CSC(C)CC)NCC. The van der Waals surface area contributed by atoms with Gasteiger partial charge >= 0.3 is 0 Å². The maximum absolute atomic E-state index is 5.50. The van der Waals surface area contributed by atoms with Gasteiger partial charge in [-0.1, -0.05) is 27.7 Å². The lowest BCUT2D eigenvalue weighted by molar-refractivity contribution is 0.396. The van der Waals surface area contributed by atoms with Gasteiger partial charge in [0.05, 0.1) is 25.0 Å². The summed E-state index contributed by atoms with van der Waals surface area (Å²) in [7, 11) is 1.72. The van der Waals surface area contributed by atoms with Gasteiger partial charge in [0.25, 0.3) is 0 Å². The van der Waals surface area contributed by atoms with Crippen molar-refractivity contribution < 1.29 is 4.74 Å². The van der Waals surface area contributed by atoms with Gasteiger partial charge in [0, 0.05) is 17.5 Å². The Balaban J connectivity index is 2.90. The van der Waals surface area contributed by atoms with Crippen LogP contribution >= 0.6 is 11.8 Å². The Labute approximate surface area is 127 Å². The highest BCUT2D eigenvalue weighted by molar-refractivity contribution is 7.99. The standard InChI is InChI=1S/C15H29N3OS/c1-6-9-18-15(14(19-5)10-17-18)13(16-8-3)11-20-12(4)7-2/h10,12-13,16H,6-9,11H2,1-5H3. The fourth-order valence-corrected chi connectivity index (χ4v) is 3.17. The van der Waals surface area contributed by atoms with Crippen LogP contribution in [0.25, 0.3) is 0 Å². The first-order valence-corrected chi connectivity index (χ1v) is 8.67. The molecule has 1 aromatic heterocycles. The summed E-state index contributed by atoms with van der Waals surface area (Å²) in [6, 6.07) is 0.294. The van der Waals surface area contributed by atoms with Crippen molar-refractivity contribution in [2.75, 3.05) is 19.4 Å². The second kappa shape index (κ2) is 9.29. The topological polar surface area (TPSA) is 39.1 Å². The summed E-state index contributed by atoms with van der Waals surface area (Å²) in [6.07, 6.45) is 4.12. The summed E-state index contributed by atoms with van der Waals surface area (Å²) >= 11 is 2.01. The van der Waals surface area contributed by atoms with E-state index in [0.29, 0.717) is 11.3 Å². The van der Waals surface area contributed by atoms with Gasteiger partial charge in [-0.05, 0) is 19.4 Å². The van der Waals surface area contributed by atoms with Crippen LogP contribution in [0.5, 0.6) is 5.75 Å². The van der Waals surface area contributed by atoms with E-state index in [1.54, 1.807) is 7.11 Å². The van der Waals surface area contributed by atoms with Crippen LogP contribution in [0.1, 0.15) is 52.3 Å². The Morgan fingerprint density at radius 2 is 2.15 bits per heavy atom. The summed E-state index contributed by atoms with van der Waals surface area (Å²) in [5.41, 5.74) is 1.19. The molecular formula is C15H29N3OS. The Kier molecular flexibility index (Phi) is 8.07. The fraction of sp³-hybridized carbons (Fsp3) is 0.800. The zero-order valence-corrected chi connectivity index (χ0v) is 14.3. The van der Waals surface area contributed by atoms with Gasteiger partial charge in [0.1, 0.15) is 0 Å². The zero-order valence-electron chi connectivity index (χ0n) is 13.5. The van der Waals surface area contributed by atoms with E-state index in [1.807, 2.05) is 18.0 Å². The monoisotopic (exact) mass is 299 g/mol. The molecule has 0 spiro atoms. The van der Waals surface area contributed by atoms with E-state index in [-0.39, 0.29) is 0 Å². The molecule has 0 fully saturated rings. The van der Waals surface area contributed by atoms with Crippen LogP contribution < -0.4 is 10.1 Å². The average molecular weight is 299 g/mol. The first kappa shape index (κ1) is 17.4. The van der Waals surface area contributed by atoms with E-state index in [9.17, 15) is 0 Å². The summed E-state index contributed by atoms with van der Waals surface area (Å²) in [5.74, 6) is 1.95. The Morgan fingerprint density at radius 3 is 2.70 bits per heavy atom. The molecule has 20 heavy (non-hydrogen) atoms. The quantitative estimate of drug-likeness (QED) is 0.718. The molecule has 1 aromatic rings. The molecule has 1 heterocycles. The summed E-state index contributed by atoms with van der Waals surface area (Å²) < 4.78 is 7.59. The second-order valence-electron chi connectivity index (χ2n) is 4.98. The van der Waals surface area contributed by atoms with Gasteiger partial charge in [0.15, 0.2) is 5.75 Å². The Bertz CT molecular complexity index is 381. The molecule has 116 valence electrons. The molecule has 0 saturated carbocycles. The average Bonchev–Trinajstić information content (AvgIpc) is 2.86. The molecule has 4 nitrogen and oxygen atoms in total. The number of aryl methyl sites for hydroxylation is 1. The Hall–Kier alpha value is -0.680. The smallest absolute Gasteiger partial charge is 0.161 e. The van der Waals surface area contributed by atoms with Crippen molar-refractivity contribution in [3.05, 3.63) is 11.9 Å². The molecule has 0 aromatic carbocycles. The zero-order chi connectivity index (χ0) is 15.0. The van der Waals surface area contributed by atoms with Gasteiger partial charge < -0.3 is 10.1 Å². The molecule has 2 unspecified atom stereocenters. The second-order valence-corrected chi connectivity index (χ2v) is 6.46. The third kappa shape index (κ3) is 4.70. The molecular weight excluding hydrogens is 270 g/mol. The van der Waals surface area contributed by atoms with E-state index >= 15 is 0 Å². The van der Waals surface area contributed by atoms with E-state index in [2.05, 4.69) is 42.8 Å². The number of rotatable bonds is 10. The van der Waals surface area contributed by atoms with Crippen molar-refractivity contribution in [1.82, 2.24) is 15.1 Å². The summed E-state index contributed by atoms with van der Waals surface area (Å²) in [6.45, 7) is 10.7. The van der Waals surface area contributed by atoms with Crippen molar-refractivity contribution >= 4 is 11.8 Å². The maximum Gasteiger partial charge on any atom is 0.161 e. The first-order valence-electron chi connectivity index (χ1n) is 7.62. The van der Waals surface area contributed by atoms with E-state index < -0.39 is 0 Å². The molecule has 0 amide bonds. The molecule has 5 heteroatoms. The number of ether oxygens (including phenoxy) is 1. The number of nitrogens with one attached hydrogen (secondary N) is 1. The van der Waals surface area contributed by atoms with Crippen LogP contribution in [0.3, 0.4) is 0 Å².